The molecule has 1 aliphatic rings. The number of para-hydroxylation sites is 1. The Labute approximate surface area is 144 Å². The zero-order valence-corrected chi connectivity index (χ0v) is 13.8. The van der Waals surface area contributed by atoms with Gasteiger partial charge in [0.1, 0.15) is 11.5 Å². The Morgan fingerprint density at radius 3 is 2.96 bits per heavy atom. The molecule has 2 heterocycles. The average Bonchev–Trinajstić information content (AvgIpc) is 3.16. The van der Waals surface area contributed by atoms with Crippen molar-refractivity contribution < 1.29 is 9.18 Å². The first kappa shape index (κ1) is 15.6. The molecule has 0 saturated heterocycles. The molecular formula is C18H18FN5O. The minimum Gasteiger partial charge on any atom is -0.305 e. The number of aromatic amines is 1. The van der Waals surface area contributed by atoms with Gasteiger partial charge in [-0.1, -0.05) is 12.1 Å². The zero-order valence-electron chi connectivity index (χ0n) is 13.8. The summed E-state index contributed by atoms with van der Waals surface area (Å²) in [6.07, 6.45) is 4.92. The summed E-state index contributed by atoms with van der Waals surface area (Å²) in [6, 6.07) is 8.18. The van der Waals surface area contributed by atoms with Crippen LogP contribution in [0.15, 0.2) is 36.5 Å². The van der Waals surface area contributed by atoms with Crippen molar-refractivity contribution in [1.29, 1.82) is 0 Å². The fourth-order valence-corrected chi connectivity index (χ4v) is 2.85. The maximum atomic E-state index is 13.9. The Morgan fingerprint density at radius 2 is 2.20 bits per heavy atom. The maximum Gasteiger partial charge on any atom is 0.260 e. The van der Waals surface area contributed by atoms with Crippen LogP contribution in [0.25, 0.3) is 5.69 Å². The number of halogens is 1. The van der Waals surface area contributed by atoms with E-state index in [1.54, 1.807) is 25.1 Å². The highest BCUT2D eigenvalue weighted by atomic mass is 19.1. The smallest absolute Gasteiger partial charge is 0.260 e. The highest BCUT2D eigenvalue weighted by molar-refractivity contribution is 6.04. The molecule has 4 rings (SSSR count). The molecule has 3 aromatic rings. The first-order valence-electron chi connectivity index (χ1n) is 8.27. The monoisotopic (exact) mass is 339 g/mol. The van der Waals surface area contributed by atoms with Crippen molar-refractivity contribution in [3.63, 3.8) is 0 Å². The van der Waals surface area contributed by atoms with Crippen LogP contribution in [0.1, 0.15) is 34.6 Å². The number of H-pyrrole nitrogens is 1. The molecule has 1 fully saturated rings. The third kappa shape index (κ3) is 3.17. The van der Waals surface area contributed by atoms with Gasteiger partial charge in [-0.25, -0.2) is 9.07 Å². The Kier molecular flexibility index (Phi) is 3.83. The van der Waals surface area contributed by atoms with Gasteiger partial charge in [0.2, 0.25) is 0 Å². The van der Waals surface area contributed by atoms with Gasteiger partial charge in [0.05, 0.1) is 17.5 Å². The van der Waals surface area contributed by atoms with Crippen LogP contribution in [0.3, 0.4) is 0 Å². The van der Waals surface area contributed by atoms with Crippen LogP contribution >= 0.6 is 0 Å². The first-order chi connectivity index (χ1) is 12.1. The molecule has 0 bridgehead atoms. The summed E-state index contributed by atoms with van der Waals surface area (Å²) in [5, 5.41) is 14.0. The topological polar surface area (TPSA) is 75.6 Å². The number of anilines is 1. The molecule has 0 unspecified atom stereocenters. The number of aromatic nitrogens is 4. The van der Waals surface area contributed by atoms with Crippen molar-refractivity contribution in [3.05, 3.63) is 59.3 Å². The number of nitrogens with zero attached hydrogens (tertiary/aromatic N) is 3. The Hall–Kier alpha value is -2.96. The summed E-state index contributed by atoms with van der Waals surface area (Å²) in [5.74, 6) is 0.520. The quantitative estimate of drug-likeness (QED) is 0.749. The Bertz CT molecular complexity index is 925. The largest absolute Gasteiger partial charge is 0.305 e. The lowest BCUT2D eigenvalue weighted by atomic mass is 10.2. The summed E-state index contributed by atoms with van der Waals surface area (Å²) in [4.78, 5) is 12.5. The van der Waals surface area contributed by atoms with E-state index in [0.717, 1.165) is 18.0 Å². The lowest BCUT2D eigenvalue weighted by molar-refractivity contribution is 0.102. The average molecular weight is 339 g/mol. The van der Waals surface area contributed by atoms with Crippen LogP contribution in [-0.4, -0.2) is 25.9 Å². The number of rotatable bonds is 5. The molecule has 6 nitrogen and oxygen atoms in total. The SMILES string of the molecule is Cc1c(C(=O)Nc2cc(CC3CC3)[nH]n2)cnn1-c1ccccc1F. The van der Waals surface area contributed by atoms with Gasteiger partial charge >= 0.3 is 0 Å². The Balaban J connectivity index is 1.52. The van der Waals surface area contributed by atoms with Crippen LogP contribution in [0.4, 0.5) is 10.2 Å². The molecular weight excluding hydrogens is 321 g/mol. The highest BCUT2D eigenvalue weighted by Gasteiger charge is 2.23. The van der Waals surface area contributed by atoms with Crippen LogP contribution < -0.4 is 5.32 Å². The van der Waals surface area contributed by atoms with Crippen LogP contribution in [0.5, 0.6) is 0 Å². The van der Waals surface area contributed by atoms with E-state index in [9.17, 15) is 9.18 Å². The maximum absolute atomic E-state index is 13.9. The van der Waals surface area contributed by atoms with Gasteiger partial charge in [-0.15, -0.1) is 0 Å². The number of benzene rings is 1. The molecule has 1 aromatic carbocycles. The molecule has 0 spiro atoms. The minimum atomic E-state index is -0.391. The van der Waals surface area contributed by atoms with E-state index < -0.39 is 5.82 Å². The lowest BCUT2D eigenvalue weighted by Gasteiger charge is -2.06. The molecule has 1 aliphatic carbocycles. The van der Waals surface area contributed by atoms with E-state index in [4.69, 9.17) is 0 Å². The molecule has 1 saturated carbocycles. The van der Waals surface area contributed by atoms with E-state index in [1.807, 2.05) is 6.07 Å². The van der Waals surface area contributed by atoms with Crippen LogP contribution in [0, 0.1) is 18.7 Å². The normalized spacial score (nSPS) is 13.8. The van der Waals surface area contributed by atoms with E-state index in [1.165, 1.54) is 29.8 Å². The number of hydrogen-bond donors (Lipinski definition) is 2. The molecule has 0 aliphatic heterocycles. The summed E-state index contributed by atoms with van der Waals surface area (Å²) in [6.45, 7) is 1.73. The highest BCUT2D eigenvalue weighted by Crippen LogP contribution is 2.32. The van der Waals surface area contributed by atoms with Crippen molar-refractivity contribution in [2.75, 3.05) is 5.32 Å². The number of amides is 1. The fourth-order valence-electron chi connectivity index (χ4n) is 2.85. The summed E-state index contributed by atoms with van der Waals surface area (Å²) < 4.78 is 15.4. The minimum absolute atomic E-state index is 0.311. The molecule has 2 N–H and O–H groups in total. The number of hydrogen-bond acceptors (Lipinski definition) is 3. The van der Waals surface area contributed by atoms with Gasteiger partial charge in [0.25, 0.3) is 5.91 Å². The summed E-state index contributed by atoms with van der Waals surface area (Å²) in [5.41, 5.74) is 2.29. The Morgan fingerprint density at radius 1 is 1.40 bits per heavy atom. The number of carbonyl (C=O) groups is 1. The van der Waals surface area contributed by atoms with Crippen molar-refractivity contribution >= 4 is 11.7 Å². The third-order valence-electron chi connectivity index (χ3n) is 4.41. The van der Waals surface area contributed by atoms with Crippen molar-refractivity contribution in [2.45, 2.75) is 26.2 Å². The van der Waals surface area contributed by atoms with Gasteiger partial charge in [0, 0.05) is 11.8 Å². The lowest BCUT2D eigenvalue weighted by Crippen LogP contribution is -2.13. The van der Waals surface area contributed by atoms with Crippen LogP contribution in [-0.2, 0) is 6.42 Å². The molecule has 128 valence electrons. The van der Waals surface area contributed by atoms with Crippen LogP contribution in [0.2, 0.25) is 0 Å². The second-order valence-electron chi connectivity index (χ2n) is 6.39. The van der Waals surface area contributed by atoms with Gasteiger partial charge in [-0.3, -0.25) is 9.89 Å². The zero-order chi connectivity index (χ0) is 17.4. The van der Waals surface area contributed by atoms with Gasteiger partial charge in [-0.05, 0) is 44.2 Å². The molecule has 0 radical (unpaired) electrons. The number of carbonyl (C=O) groups excluding carboxylic acids is 1. The summed E-state index contributed by atoms with van der Waals surface area (Å²) >= 11 is 0. The fraction of sp³-hybridized carbons (Fsp3) is 0.278. The predicted molar refractivity (Wildman–Crippen MR) is 91.2 cm³/mol. The predicted octanol–water partition coefficient (Wildman–Crippen LogP) is 3.25. The second-order valence-corrected chi connectivity index (χ2v) is 6.39. The standard InChI is InChI=1S/C18H18FN5O/c1-11-14(10-20-24(11)16-5-3-2-4-15(16)19)18(25)21-17-9-13(22-23-17)8-12-6-7-12/h2-5,9-10,12H,6-8H2,1H3,(H2,21,22,23,25). The second kappa shape index (κ2) is 6.16. The van der Waals surface area contributed by atoms with Gasteiger partial charge < -0.3 is 5.32 Å². The molecule has 25 heavy (non-hydrogen) atoms. The molecule has 7 heteroatoms. The van der Waals surface area contributed by atoms with Crippen molar-refractivity contribution in [3.8, 4) is 5.69 Å². The van der Waals surface area contributed by atoms with Crippen molar-refractivity contribution in [1.82, 2.24) is 20.0 Å². The van der Waals surface area contributed by atoms with E-state index in [0.29, 0.717) is 22.8 Å². The van der Waals surface area contributed by atoms with Gasteiger partial charge in [0.15, 0.2) is 5.82 Å². The molecule has 1 amide bonds. The van der Waals surface area contributed by atoms with Crippen molar-refractivity contribution in [2.24, 2.45) is 5.92 Å². The van der Waals surface area contributed by atoms with Gasteiger partial charge in [-0.2, -0.15) is 10.2 Å². The third-order valence-corrected chi connectivity index (χ3v) is 4.41. The first-order valence-corrected chi connectivity index (χ1v) is 8.27. The van der Waals surface area contributed by atoms with E-state index >= 15 is 0 Å². The van der Waals surface area contributed by atoms with E-state index in [2.05, 4.69) is 20.6 Å². The summed E-state index contributed by atoms with van der Waals surface area (Å²) in [7, 11) is 0. The van der Waals surface area contributed by atoms with E-state index in [-0.39, 0.29) is 5.91 Å². The molecule has 2 aromatic heterocycles. The number of nitrogens with one attached hydrogen (secondary N) is 2. The molecule has 0 atom stereocenters.